The number of aromatic nitrogens is 1. The number of anilines is 1. The fraction of sp³-hybridized carbons (Fsp3) is 0. The van der Waals surface area contributed by atoms with Crippen LogP contribution in [0.3, 0.4) is 0 Å². The minimum absolute atomic E-state index is 0.757. The second-order valence-corrected chi connectivity index (χ2v) is 5.65. The zero-order valence-electron chi connectivity index (χ0n) is 9.88. The van der Waals surface area contributed by atoms with E-state index in [1.807, 2.05) is 54.6 Å². The van der Waals surface area contributed by atoms with E-state index < -0.39 is 0 Å². The summed E-state index contributed by atoms with van der Waals surface area (Å²) in [5.41, 5.74) is 4.99. The summed E-state index contributed by atoms with van der Waals surface area (Å²) in [6.45, 7) is 0. The number of hydrogen-bond acceptors (Lipinski definition) is 4. The van der Waals surface area contributed by atoms with Crippen molar-refractivity contribution in [2.45, 2.75) is 0 Å². The minimum atomic E-state index is 0.757. The molecule has 0 saturated carbocycles. The van der Waals surface area contributed by atoms with Crippen LogP contribution in [0.1, 0.15) is 5.56 Å². The highest BCUT2D eigenvalue weighted by Gasteiger charge is 2.02. The molecule has 94 valence electrons. The lowest BCUT2D eigenvalue weighted by atomic mass is 10.2. The molecule has 0 bridgehead atoms. The topological polar surface area (TPSA) is 37.3 Å². The van der Waals surface area contributed by atoms with Crippen molar-refractivity contribution in [3.63, 3.8) is 0 Å². The standard InChI is InChI=1S/C14H10BrN3S/c15-13(10-6-2-1-3-7-10)17-18-14-16-11-8-4-5-9-12(11)19-14/h1-9H,(H,16,18). The van der Waals surface area contributed by atoms with Crippen molar-refractivity contribution < 1.29 is 0 Å². The van der Waals surface area contributed by atoms with Crippen LogP contribution in [-0.2, 0) is 0 Å². The maximum Gasteiger partial charge on any atom is 0.204 e. The summed E-state index contributed by atoms with van der Waals surface area (Å²) in [6, 6.07) is 17.9. The first kappa shape index (κ1) is 12.3. The van der Waals surface area contributed by atoms with Gasteiger partial charge in [-0.25, -0.2) is 4.98 Å². The molecular formula is C14H10BrN3S. The number of fused-ring (bicyclic) bond motifs is 1. The summed E-state index contributed by atoms with van der Waals surface area (Å²) in [7, 11) is 0. The van der Waals surface area contributed by atoms with Crippen molar-refractivity contribution in [2.24, 2.45) is 5.10 Å². The number of benzene rings is 2. The molecule has 0 unspecified atom stereocenters. The largest absolute Gasteiger partial charge is 0.251 e. The van der Waals surface area contributed by atoms with E-state index in [1.54, 1.807) is 11.3 Å². The Morgan fingerprint density at radius 3 is 2.58 bits per heavy atom. The van der Waals surface area contributed by atoms with Gasteiger partial charge in [0.2, 0.25) is 5.13 Å². The van der Waals surface area contributed by atoms with Gasteiger partial charge in [-0.05, 0) is 28.1 Å². The molecule has 0 spiro atoms. The van der Waals surface area contributed by atoms with Gasteiger partial charge in [-0.15, -0.1) is 0 Å². The van der Waals surface area contributed by atoms with Gasteiger partial charge in [0.1, 0.15) is 4.62 Å². The average Bonchev–Trinajstić information content (AvgIpc) is 2.88. The predicted molar refractivity (Wildman–Crippen MR) is 85.1 cm³/mol. The molecule has 0 saturated heterocycles. The molecule has 0 aliphatic rings. The van der Waals surface area contributed by atoms with Crippen LogP contribution in [0, 0.1) is 0 Å². The number of thiazole rings is 1. The maximum atomic E-state index is 4.46. The van der Waals surface area contributed by atoms with Crippen LogP contribution in [0.25, 0.3) is 10.2 Å². The van der Waals surface area contributed by atoms with E-state index in [9.17, 15) is 0 Å². The van der Waals surface area contributed by atoms with Gasteiger partial charge in [-0.2, -0.15) is 5.10 Å². The molecule has 1 N–H and O–H groups in total. The quantitative estimate of drug-likeness (QED) is 0.568. The van der Waals surface area contributed by atoms with Gasteiger partial charge in [0.25, 0.3) is 0 Å². The van der Waals surface area contributed by atoms with E-state index >= 15 is 0 Å². The third kappa shape index (κ3) is 2.83. The van der Waals surface area contributed by atoms with Crippen molar-refractivity contribution in [3.05, 3.63) is 60.2 Å². The predicted octanol–water partition coefficient (Wildman–Crippen LogP) is 4.46. The molecule has 19 heavy (non-hydrogen) atoms. The van der Waals surface area contributed by atoms with Crippen LogP contribution in [-0.4, -0.2) is 9.60 Å². The Hall–Kier alpha value is -1.72. The molecule has 1 aromatic heterocycles. The van der Waals surface area contributed by atoms with E-state index in [0.29, 0.717) is 0 Å². The van der Waals surface area contributed by atoms with Crippen LogP contribution in [0.4, 0.5) is 5.13 Å². The summed E-state index contributed by atoms with van der Waals surface area (Å²) in [4.78, 5) is 4.46. The monoisotopic (exact) mass is 331 g/mol. The SMILES string of the molecule is BrC(=NNc1nc2ccccc2s1)c1ccccc1. The molecule has 3 nitrogen and oxygen atoms in total. The van der Waals surface area contributed by atoms with Crippen LogP contribution >= 0.6 is 27.3 Å². The number of halogens is 1. The van der Waals surface area contributed by atoms with Gasteiger partial charge in [-0.1, -0.05) is 53.8 Å². The molecule has 0 fully saturated rings. The molecule has 1 heterocycles. The normalized spacial score (nSPS) is 11.7. The van der Waals surface area contributed by atoms with Crippen LogP contribution in [0.5, 0.6) is 0 Å². The first-order valence-corrected chi connectivity index (χ1v) is 7.34. The van der Waals surface area contributed by atoms with Crippen LogP contribution in [0.2, 0.25) is 0 Å². The lowest BCUT2D eigenvalue weighted by Gasteiger charge is -1.98. The van der Waals surface area contributed by atoms with Gasteiger partial charge >= 0.3 is 0 Å². The molecule has 0 amide bonds. The maximum absolute atomic E-state index is 4.46. The van der Waals surface area contributed by atoms with Crippen molar-refractivity contribution in [3.8, 4) is 0 Å². The second kappa shape index (κ2) is 5.50. The average molecular weight is 332 g/mol. The van der Waals surface area contributed by atoms with Gasteiger partial charge < -0.3 is 0 Å². The van der Waals surface area contributed by atoms with E-state index in [0.717, 1.165) is 25.5 Å². The van der Waals surface area contributed by atoms with Gasteiger partial charge in [0, 0.05) is 5.56 Å². The Morgan fingerprint density at radius 1 is 1.05 bits per heavy atom. The number of hydrazone groups is 1. The van der Waals surface area contributed by atoms with E-state index in [4.69, 9.17) is 0 Å². The lowest BCUT2D eigenvalue weighted by Crippen LogP contribution is -1.95. The molecule has 2 aromatic carbocycles. The molecule has 3 rings (SSSR count). The third-order valence-electron chi connectivity index (χ3n) is 2.56. The zero-order valence-corrected chi connectivity index (χ0v) is 12.3. The fourth-order valence-electron chi connectivity index (χ4n) is 1.66. The molecule has 0 radical (unpaired) electrons. The van der Waals surface area contributed by atoms with E-state index in [-0.39, 0.29) is 0 Å². The minimum Gasteiger partial charge on any atom is -0.251 e. The van der Waals surface area contributed by atoms with Gasteiger partial charge in [0.15, 0.2) is 0 Å². The number of rotatable bonds is 3. The summed E-state index contributed by atoms with van der Waals surface area (Å²) >= 11 is 5.04. The van der Waals surface area contributed by atoms with Crippen molar-refractivity contribution in [1.29, 1.82) is 0 Å². The first-order valence-electron chi connectivity index (χ1n) is 5.73. The van der Waals surface area contributed by atoms with E-state index in [2.05, 4.69) is 31.4 Å². The summed E-state index contributed by atoms with van der Waals surface area (Å²) in [5.74, 6) is 0. The molecule has 5 heteroatoms. The highest BCUT2D eigenvalue weighted by Crippen LogP contribution is 2.25. The number of hydrogen-bond donors (Lipinski definition) is 1. The lowest BCUT2D eigenvalue weighted by molar-refractivity contribution is 1.31. The third-order valence-corrected chi connectivity index (χ3v) is 4.13. The Labute approximate surface area is 123 Å². The smallest absolute Gasteiger partial charge is 0.204 e. The summed E-state index contributed by atoms with van der Waals surface area (Å²) < 4.78 is 1.91. The Kier molecular flexibility index (Phi) is 3.57. The van der Waals surface area contributed by atoms with Crippen molar-refractivity contribution >= 4 is 47.2 Å². The second-order valence-electron chi connectivity index (χ2n) is 3.87. The molecule has 0 aliphatic carbocycles. The number of nitrogens with one attached hydrogen (secondary N) is 1. The van der Waals surface area contributed by atoms with Gasteiger partial charge in [0.05, 0.1) is 10.2 Å². The fourth-order valence-corrected chi connectivity index (χ4v) is 2.82. The number of nitrogens with zero attached hydrogens (tertiary/aromatic N) is 2. The molecule has 3 aromatic rings. The molecule has 0 aliphatic heterocycles. The molecular weight excluding hydrogens is 322 g/mol. The molecule has 0 atom stereocenters. The van der Waals surface area contributed by atoms with Crippen molar-refractivity contribution in [2.75, 3.05) is 5.43 Å². The first-order chi connectivity index (χ1) is 9.33. The summed E-state index contributed by atoms with van der Waals surface area (Å²) in [5, 5.41) is 5.08. The highest BCUT2D eigenvalue weighted by molar-refractivity contribution is 9.18. The van der Waals surface area contributed by atoms with Crippen molar-refractivity contribution in [1.82, 2.24) is 4.98 Å². The Bertz CT molecular complexity index is 689. The van der Waals surface area contributed by atoms with Gasteiger partial charge in [-0.3, -0.25) is 5.43 Å². The van der Waals surface area contributed by atoms with Crippen LogP contribution in [0.15, 0.2) is 59.7 Å². The number of para-hydroxylation sites is 1. The summed E-state index contributed by atoms with van der Waals surface area (Å²) in [6.07, 6.45) is 0. The van der Waals surface area contributed by atoms with Crippen LogP contribution < -0.4 is 5.43 Å². The highest BCUT2D eigenvalue weighted by atomic mass is 79.9. The zero-order chi connectivity index (χ0) is 13.1. The Balaban J connectivity index is 1.82. The Morgan fingerprint density at radius 2 is 1.79 bits per heavy atom. The van der Waals surface area contributed by atoms with E-state index in [1.165, 1.54) is 0 Å².